The lowest BCUT2D eigenvalue weighted by molar-refractivity contribution is -0.113. The summed E-state index contributed by atoms with van der Waals surface area (Å²) in [5.74, 6) is 0. The van der Waals surface area contributed by atoms with Crippen LogP contribution in [0.5, 0.6) is 0 Å². The minimum atomic E-state index is 0.246. The van der Waals surface area contributed by atoms with E-state index in [9.17, 15) is 0 Å². The van der Waals surface area contributed by atoms with Crippen LogP contribution in [0.4, 0.5) is 0 Å². The number of hydrogen-bond acceptors (Lipinski definition) is 2. The molecule has 2 rings (SSSR count). The van der Waals surface area contributed by atoms with Gasteiger partial charge in [-0.3, -0.25) is 0 Å². The van der Waals surface area contributed by atoms with Crippen molar-refractivity contribution >= 4 is 11.6 Å². The molecule has 0 saturated heterocycles. The molecule has 0 heterocycles. The van der Waals surface area contributed by atoms with Gasteiger partial charge in [0.25, 0.3) is 0 Å². The molecule has 2 nitrogen and oxygen atoms in total. The molecule has 2 unspecified atom stereocenters. The third kappa shape index (κ3) is 3.50. The molecule has 106 valence electrons. The van der Waals surface area contributed by atoms with Crippen molar-refractivity contribution in [2.24, 2.45) is 5.41 Å². The van der Waals surface area contributed by atoms with Crippen molar-refractivity contribution < 1.29 is 4.74 Å². The predicted molar refractivity (Wildman–Crippen MR) is 80.8 cm³/mol. The van der Waals surface area contributed by atoms with Crippen LogP contribution < -0.4 is 5.32 Å². The molecule has 0 aromatic heterocycles. The summed E-state index contributed by atoms with van der Waals surface area (Å²) < 4.78 is 5.75. The number of halogens is 1. The summed E-state index contributed by atoms with van der Waals surface area (Å²) in [5.41, 5.74) is 1.58. The maximum Gasteiger partial charge on any atom is 0.0655 e. The maximum absolute atomic E-state index is 5.88. The Bertz CT molecular complexity index is 402. The van der Waals surface area contributed by atoms with Gasteiger partial charge in [-0.2, -0.15) is 0 Å². The van der Waals surface area contributed by atoms with E-state index in [1.54, 1.807) is 0 Å². The molecule has 0 bridgehead atoms. The van der Waals surface area contributed by atoms with Crippen molar-refractivity contribution in [2.45, 2.75) is 45.8 Å². The van der Waals surface area contributed by atoms with Crippen LogP contribution in [0.3, 0.4) is 0 Å². The average molecular weight is 282 g/mol. The Hall–Kier alpha value is -0.570. The molecular weight excluding hydrogens is 258 g/mol. The highest BCUT2D eigenvalue weighted by Crippen LogP contribution is 2.42. The highest BCUT2D eigenvalue weighted by molar-refractivity contribution is 6.30. The van der Waals surface area contributed by atoms with Gasteiger partial charge < -0.3 is 10.1 Å². The van der Waals surface area contributed by atoms with Gasteiger partial charge >= 0.3 is 0 Å². The van der Waals surface area contributed by atoms with Crippen LogP contribution in [0.25, 0.3) is 0 Å². The van der Waals surface area contributed by atoms with Crippen LogP contribution in [0, 0.1) is 5.41 Å². The van der Waals surface area contributed by atoms with Crippen molar-refractivity contribution in [1.29, 1.82) is 0 Å². The van der Waals surface area contributed by atoms with Crippen molar-refractivity contribution in [3.05, 3.63) is 34.9 Å². The summed E-state index contributed by atoms with van der Waals surface area (Å²) in [5, 5.41) is 4.45. The van der Waals surface area contributed by atoms with Gasteiger partial charge in [-0.15, -0.1) is 0 Å². The molecule has 1 aliphatic rings. The van der Waals surface area contributed by atoms with Crippen LogP contribution in [0.2, 0.25) is 5.02 Å². The van der Waals surface area contributed by atoms with Crippen LogP contribution in [-0.4, -0.2) is 25.3 Å². The van der Waals surface area contributed by atoms with Crippen molar-refractivity contribution in [3.63, 3.8) is 0 Å². The quantitative estimate of drug-likeness (QED) is 0.859. The zero-order valence-electron chi connectivity index (χ0n) is 12.1. The zero-order chi connectivity index (χ0) is 13.9. The second kappa shape index (κ2) is 6.25. The minimum absolute atomic E-state index is 0.246. The molecule has 0 radical (unpaired) electrons. The molecule has 19 heavy (non-hydrogen) atoms. The van der Waals surface area contributed by atoms with E-state index in [1.165, 1.54) is 5.56 Å². The van der Waals surface area contributed by atoms with E-state index in [1.807, 2.05) is 12.1 Å². The van der Waals surface area contributed by atoms with E-state index < -0.39 is 0 Å². The fourth-order valence-electron chi connectivity index (χ4n) is 2.76. The first kappa shape index (κ1) is 14.8. The summed E-state index contributed by atoms with van der Waals surface area (Å²) in [6, 6.07) is 8.67. The summed E-state index contributed by atoms with van der Waals surface area (Å²) >= 11 is 5.88. The molecule has 1 aliphatic carbocycles. The fraction of sp³-hybridized carbons (Fsp3) is 0.625. The molecule has 0 amide bonds. The fourth-order valence-corrected chi connectivity index (χ4v) is 2.88. The summed E-state index contributed by atoms with van der Waals surface area (Å²) in [6.07, 6.45) is 2.58. The summed E-state index contributed by atoms with van der Waals surface area (Å²) in [4.78, 5) is 0. The van der Waals surface area contributed by atoms with Gasteiger partial charge in [-0.25, -0.2) is 0 Å². The molecule has 0 aliphatic heterocycles. The Morgan fingerprint density at radius 1 is 1.32 bits per heavy atom. The SMILES string of the molecule is CCOC1CC(NCCc2ccc(Cl)cc2)C1(C)C. The Labute approximate surface area is 121 Å². The highest BCUT2D eigenvalue weighted by atomic mass is 35.5. The predicted octanol–water partition coefficient (Wildman–Crippen LogP) is 3.68. The topological polar surface area (TPSA) is 21.3 Å². The molecule has 1 aromatic rings. The van der Waals surface area contributed by atoms with Gasteiger partial charge in [-0.1, -0.05) is 37.6 Å². The number of nitrogens with one attached hydrogen (secondary N) is 1. The van der Waals surface area contributed by atoms with Gasteiger partial charge in [0, 0.05) is 23.1 Å². The summed E-state index contributed by atoms with van der Waals surface area (Å²) in [6.45, 7) is 8.46. The maximum atomic E-state index is 5.88. The Balaban J connectivity index is 1.74. The van der Waals surface area contributed by atoms with Crippen LogP contribution in [0.1, 0.15) is 32.8 Å². The molecule has 1 N–H and O–H groups in total. The normalized spacial score (nSPS) is 25.1. The van der Waals surface area contributed by atoms with Gasteiger partial charge in [0.2, 0.25) is 0 Å². The minimum Gasteiger partial charge on any atom is -0.378 e. The zero-order valence-corrected chi connectivity index (χ0v) is 12.8. The number of ether oxygens (including phenoxy) is 1. The molecule has 1 fully saturated rings. The van der Waals surface area contributed by atoms with E-state index in [4.69, 9.17) is 16.3 Å². The van der Waals surface area contributed by atoms with Crippen LogP contribution >= 0.6 is 11.6 Å². The number of benzene rings is 1. The molecular formula is C16H24ClNO. The number of hydrogen-bond donors (Lipinski definition) is 1. The standard InChI is InChI=1S/C16H24ClNO/c1-4-19-15-11-14(16(15,2)3)18-10-9-12-5-7-13(17)8-6-12/h5-8,14-15,18H,4,9-11H2,1-3H3. The van der Waals surface area contributed by atoms with Crippen molar-refractivity contribution in [3.8, 4) is 0 Å². The van der Waals surface area contributed by atoms with E-state index >= 15 is 0 Å². The lowest BCUT2D eigenvalue weighted by Crippen LogP contribution is -2.61. The monoisotopic (exact) mass is 281 g/mol. The van der Waals surface area contributed by atoms with Gasteiger partial charge in [0.15, 0.2) is 0 Å². The highest BCUT2D eigenvalue weighted by Gasteiger charge is 2.48. The van der Waals surface area contributed by atoms with Crippen molar-refractivity contribution in [1.82, 2.24) is 5.32 Å². The first-order chi connectivity index (χ1) is 9.04. The largest absolute Gasteiger partial charge is 0.378 e. The lowest BCUT2D eigenvalue weighted by Gasteiger charge is -2.52. The Morgan fingerprint density at radius 3 is 2.58 bits per heavy atom. The second-order valence-corrected chi connectivity index (χ2v) is 6.32. The van der Waals surface area contributed by atoms with Crippen molar-refractivity contribution in [2.75, 3.05) is 13.2 Å². The molecule has 0 spiro atoms. The summed E-state index contributed by atoms with van der Waals surface area (Å²) in [7, 11) is 0. The smallest absolute Gasteiger partial charge is 0.0655 e. The van der Waals surface area contributed by atoms with E-state index in [2.05, 4.69) is 38.2 Å². The van der Waals surface area contributed by atoms with E-state index in [0.29, 0.717) is 12.1 Å². The first-order valence-corrected chi connectivity index (χ1v) is 7.51. The molecule has 3 heteroatoms. The Morgan fingerprint density at radius 2 is 2.00 bits per heavy atom. The van der Waals surface area contributed by atoms with Crippen LogP contribution in [-0.2, 0) is 11.2 Å². The Kier molecular flexibility index (Phi) is 4.88. The third-order valence-electron chi connectivity index (χ3n) is 4.26. The molecule has 1 aromatic carbocycles. The second-order valence-electron chi connectivity index (χ2n) is 5.88. The van der Waals surface area contributed by atoms with E-state index in [0.717, 1.165) is 31.0 Å². The van der Waals surface area contributed by atoms with Gasteiger partial charge in [0.05, 0.1) is 6.10 Å². The first-order valence-electron chi connectivity index (χ1n) is 7.13. The average Bonchev–Trinajstić information content (AvgIpc) is 2.39. The molecule has 1 saturated carbocycles. The lowest BCUT2D eigenvalue weighted by atomic mass is 9.64. The van der Waals surface area contributed by atoms with Gasteiger partial charge in [0.1, 0.15) is 0 Å². The van der Waals surface area contributed by atoms with Crippen LogP contribution in [0.15, 0.2) is 24.3 Å². The van der Waals surface area contributed by atoms with Gasteiger partial charge in [-0.05, 0) is 44.0 Å². The third-order valence-corrected chi connectivity index (χ3v) is 4.52. The van der Waals surface area contributed by atoms with E-state index in [-0.39, 0.29) is 5.41 Å². The number of rotatable bonds is 6. The molecule has 2 atom stereocenters.